The minimum atomic E-state index is -0.0742. The van der Waals surface area contributed by atoms with Crippen LogP contribution in [0.4, 0.5) is 15.6 Å². The number of hydrogen-bond donors (Lipinski definition) is 1. The van der Waals surface area contributed by atoms with Gasteiger partial charge in [0.25, 0.3) is 0 Å². The molecule has 0 atom stereocenters. The van der Waals surface area contributed by atoms with E-state index in [9.17, 15) is 4.79 Å². The van der Waals surface area contributed by atoms with Crippen molar-refractivity contribution in [2.24, 2.45) is 0 Å². The number of benzene rings is 2. The molecule has 0 radical (unpaired) electrons. The lowest BCUT2D eigenvalue weighted by molar-refractivity contribution is 0.208. The largest absolute Gasteiger partial charge is 0.494 e. The molecule has 1 aliphatic rings. The molecule has 8 heteroatoms. The number of carbonyl (C=O) groups excluding carboxylic acids is 1. The van der Waals surface area contributed by atoms with Gasteiger partial charge in [0, 0.05) is 31.9 Å². The fourth-order valence-electron chi connectivity index (χ4n) is 3.07. The molecular weight excluding hydrogens is 384 g/mol. The Labute approximate surface area is 166 Å². The van der Waals surface area contributed by atoms with Gasteiger partial charge in [-0.05, 0) is 24.3 Å². The summed E-state index contributed by atoms with van der Waals surface area (Å²) >= 11 is 7.87. The zero-order chi connectivity index (χ0) is 18.8. The molecule has 0 aliphatic carbocycles. The molecule has 1 fully saturated rings. The number of halogens is 1. The highest BCUT2D eigenvalue weighted by Crippen LogP contribution is 2.38. The number of piperazine rings is 1. The second-order valence-corrected chi connectivity index (χ2v) is 7.58. The van der Waals surface area contributed by atoms with Crippen molar-refractivity contribution in [3.05, 3.63) is 47.5 Å². The van der Waals surface area contributed by atoms with Crippen LogP contribution in [0.25, 0.3) is 10.2 Å². The normalized spacial score (nSPS) is 14.4. The van der Waals surface area contributed by atoms with Crippen molar-refractivity contribution in [2.45, 2.75) is 0 Å². The second-order valence-electron chi connectivity index (χ2n) is 6.19. The number of ether oxygens (including phenoxy) is 1. The van der Waals surface area contributed by atoms with Crippen LogP contribution in [-0.2, 0) is 0 Å². The van der Waals surface area contributed by atoms with Crippen molar-refractivity contribution in [2.75, 3.05) is 43.5 Å². The Morgan fingerprint density at radius 2 is 1.89 bits per heavy atom. The van der Waals surface area contributed by atoms with Crippen molar-refractivity contribution >= 4 is 50.0 Å². The van der Waals surface area contributed by atoms with Crippen LogP contribution in [0.3, 0.4) is 0 Å². The first kappa shape index (κ1) is 17.9. The fourth-order valence-corrected chi connectivity index (χ4v) is 4.37. The van der Waals surface area contributed by atoms with Crippen molar-refractivity contribution in [3.8, 4) is 5.75 Å². The molecule has 2 aromatic carbocycles. The van der Waals surface area contributed by atoms with E-state index in [1.807, 2.05) is 47.4 Å². The van der Waals surface area contributed by atoms with Crippen molar-refractivity contribution < 1.29 is 9.53 Å². The summed E-state index contributed by atoms with van der Waals surface area (Å²) in [6, 6.07) is 13.1. The number of anilines is 2. The van der Waals surface area contributed by atoms with Gasteiger partial charge >= 0.3 is 6.03 Å². The quantitative estimate of drug-likeness (QED) is 0.709. The SMILES string of the molecule is COc1ccc(Cl)c2sc(N3CCN(C(=O)Nc4ccccc4)CC3)nc12. The first-order valence-corrected chi connectivity index (χ1v) is 9.84. The van der Waals surface area contributed by atoms with Crippen LogP contribution in [0.5, 0.6) is 5.75 Å². The van der Waals surface area contributed by atoms with Crippen molar-refractivity contribution in [1.82, 2.24) is 9.88 Å². The van der Waals surface area contributed by atoms with Gasteiger partial charge in [0.05, 0.1) is 16.8 Å². The number of rotatable bonds is 3. The number of thiazole rings is 1. The molecule has 1 aliphatic heterocycles. The Morgan fingerprint density at radius 1 is 1.15 bits per heavy atom. The number of para-hydroxylation sites is 1. The molecule has 2 heterocycles. The standard InChI is InChI=1S/C19H19ClN4O2S/c1-26-15-8-7-14(20)17-16(15)22-19(27-17)24-11-9-23(10-12-24)18(25)21-13-5-3-2-4-6-13/h2-8H,9-12H2,1H3,(H,21,25). The van der Waals surface area contributed by atoms with Crippen molar-refractivity contribution in [1.29, 1.82) is 0 Å². The molecule has 0 saturated carbocycles. The Morgan fingerprint density at radius 3 is 2.59 bits per heavy atom. The minimum Gasteiger partial charge on any atom is -0.494 e. The topological polar surface area (TPSA) is 57.7 Å². The summed E-state index contributed by atoms with van der Waals surface area (Å²) in [5.41, 5.74) is 1.59. The van der Waals surface area contributed by atoms with Gasteiger partial charge in [-0.1, -0.05) is 41.1 Å². The van der Waals surface area contributed by atoms with E-state index >= 15 is 0 Å². The van der Waals surface area contributed by atoms with Crippen molar-refractivity contribution in [3.63, 3.8) is 0 Å². The third-order valence-corrected chi connectivity index (χ3v) is 6.11. The number of nitrogens with one attached hydrogen (secondary N) is 1. The molecule has 4 rings (SSSR count). The van der Waals surface area contributed by atoms with Gasteiger partial charge in [0.1, 0.15) is 11.3 Å². The van der Waals surface area contributed by atoms with E-state index in [4.69, 9.17) is 21.3 Å². The van der Waals surface area contributed by atoms with E-state index in [1.54, 1.807) is 18.4 Å². The van der Waals surface area contributed by atoms with Crippen LogP contribution in [0.15, 0.2) is 42.5 Å². The number of carbonyl (C=O) groups is 1. The minimum absolute atomic E-state index is 0.0742. The van der Waals surface area contributed by atoms with Gasteiger partial charge in [-0.2, -0.15) is 0 Å². The number of aromatic nitrogens is 1. The summed E-state index contributed by atoms with van der Waals surface area (Å²) in [5.74, 6) is 0.720. The summed E-state index contributed by atoms with van der Waals surface area (Å²) < 4.78 is 6.32. The zero-order valence-corrected chi connectivity index (χ0v) is 16.4. The highest BCUT2D eigenvalue weighted by atomic mass is 35.5. The number of hydrogen-bond acceptors (Lipinski definition) is 5. The predicted octanol–water partition coefficient (Wildman–Crippen LogP) is 4.31. The monoisotopic (exact) mass is 402 g/mol. The third kappa shape index (κ3) is 3.65. The second kappa shape index (κ2) is 7.62. The Kier molecular flexibility index (Phi) is 5.05. The molecule has 140 valence electrons. The fraction of sp³-hybridized carbons (Fsp3) is 0.263. The molecule has 0 bridgehead atoms. The first-order valence-electron chi connectivity index (χ1n) is 8.64. The van der Waals surface area contributed by atoms with Crippen LogP contribution in [0.1, 0.15) is 0 Å². The summed E-state index contributed by atoms with van der Waals surface area (Å²) in [6.45, 7) is 2.73. The highest BCUT2D eigenvalue weighted by Gasteiger charge is 2.24. The summed E-state index contributed by atoms with van der Waals surface area (Å²) in [5, 5.41) is 4.51. The Bertz CT molecular complexity index is 955. The molecule has 3 aromatic rings. The molecule has 1 N–H and O–H groups in total. The van der Waals surface area contributed by atoms with E-state index < -0.39 is 0 Å². The molecule has 0 unspecified atom stereocenters. The van der Waals surface area contributed by atoms with Gasteiger partial charge in [0.15, 0.2) is 5.13 Å². The van der Waals surface area contributed by atoms with Crippen LogP contribution < -0.4 is 15.0 Å². The molecule has 6 nitrogen and oxygen atoms in total. The van der Waals surface area contributed by atoms with E-state index in [2.05, 4.69) is 10.2 Å². The summed E-state index contributed by atoms with van der Waals surface area (Å²) in [4.78, 5) is 21.2. The maximum atomic E-state index is 12.4. The molecule has 0 spiro atoms. The third-order valence-electron chi connectivity index (χ3n) is 4.53. The Balaban J connectivity index is 1.44. The summed E-state index contributed by atoms with van der Waals surface area (Å²) in [6.07, 6.45) is 0. The lowest BCUT2D eigenvalue weighted by Crippen LogP contribution is -2.50. The molecule has 2 amide bonds. The van der Waals surface area contributed by atoms with Gasteiger partial charge in [0.2, 0.25) is 0 Å². The maximum Gasteiger partial charge on any atom is 0.321 e. The number of amides is 2. The average Bonchev–Trinajstić information content (AvgIpc) is 3.16. The average molecular weight is 403 g/mol. The van der Waals surface area contributed by atoms with Gasteiger partial charge in [-0.3, -0.25) is 0 Å². The number of methoxy groups -OCH3 is 1. The smallest absolute Gasteiger partial charge is 0.321 e. The summed E-state index contributed by atoms with van der Waals surface area (Å²) in [7, 11) is 1.63. The number of fused-ring (bicyclic) bond motifs is 1. The van der Waals surface area contributed by atoms with Gasteiger partial charge in [-0.15, -0.1) is 0 Å². The van der Waals surface area contributed by atoms with E-state index in [0.717, 1.165) is 39.9 Å². The highest BCUT2D eigenvalue weighted by molar-refractivity contribution is 7.22. The maximum absolute atomic E-state index is 12.4. The first-order chi connectivity index (χ1) is 13.2. The number of urea groups is 1. The Hall–Kier alpha value is -2.51. The van der Waals surface area contributed by atoms with Crippen LogP contribution in [0, 0.1) is 0 Å². The van der Waals surface area contributed by atoms with E-state index in [0.29, 0.717) is 18.1 Å². The van der Waals surface area contributed by atoms with Gasteiger partial charge in [-0.25, -0.2) is 9.78 Å². The molecule has 1 saturated heterocycles. The zero-order valence-electron chi connectivity index (χ0n) is 14.8. The molecule has 1 aromatic heterocycles. The van der Waals surface area contributed by atoms with Crippen LogP contribution in [-0.4, -0.2) is 49.2 Å². The van der Waals surface area contributed by atoms with E-state index in [-0.39, 0.29) is 6.03 Å². The van der Waals surface area contributed by atoms with E-state index in [1.165, 1.54) is 0 Å². The predicted molar refractivity (Wildman–Crippen MR) is 110 cm³/mol. The van der Waals surface area contributed by atoms with Crippen LogP contribution in [0.2, 0.25) is 5.02 Å². The van der Waals surface area contributed by atoms with Crippen LogP contribution >= 0.6 is 22.9 Å². The molecular formula is C19H19ClN4O2S. The van der Waals surface area contributed by atoms with Gasteiger partial charge < -0.3 is 19.9 Å². The number of nitrogens with zero attached hydrogens (tertiary/aromatic N) is 3. The molecule has 27 heavy (non-hydrogen) atoms. The lowest BCUT2D eigenvalue weighted by Gasteiger charge is -2.34. The lowest BCUT2D eigenvalue weighted by atomic mass is 10.3.